The van der Waals surface area contributed by atoms with Gasteiger partial charge in [0.1, 0.15) is 6.04 Å². The first kappa shape index (κ1) is 19.9. The lowest BCUT2D eigenvalue weighted by atomic mass is 10.0. The lowest BCUT2D eigenvalue weighted by Crippen LogP contribution is -2.54. The molecule has 1 aromatic carbocycles. The van der Waals surface area contributed by atoms with Crippen molar-refractivity contribution < 1.29 is 14.4 Å². The van der Waals surface area contributed by atoms with Gasteiger partial charge in [-0.05, 0) is 37.8 Å². The number of aryl methyl sites for hydroxylation is 1. The van der Waals surface area contributed by atoms with Crippen LogP contribution in [0.4, 0.5) is 5.69 Å². The predicted octanol–water partition coefficient (Wildman–Crippen LogP) is 0.706. The fraction of sp³-hybridized carbons (Fsp3) is 0.526. The number of amides is 3. The minimum absolute atomic E-state index is 0.0129. The second-order valence-corrected chi connectivity index (χ2v) is 7.08. The zero-order valence-corrected chi connectivity index (χ0v) is 15.6. The molecule has 4 N–H and O–H groups in total. The third-order valence-corrected chi connectivity index (χ3v) is 4.56. The standard InChI is InChI=1S/C19H28N4O3/c1-12(2)17(20)18(25)21-11-16(24)22-15-5-4-10-23(19(15)26)14-8-6-13(3)7-9-14/h6-9,12,15,17H,4-5,10-11,20H2,1-3H3,(H,21,25)(H,22,24)/t15?,17-/m0/s1. The van der Waals surface area contributed by atoms with Gasteiger partial charge in [-0.15, -0.1) is 0 Å². The van der Waals surface area contributed by atoms with E-state index in [4.69, 9.17) is 5.73 Å². The van der Waals surface area contributed by atoms with Crippen molar-refractivity contribution in [3.63, 3.8) is 0 Å². The number of nitrogens with zero attached hydrogens (tertiary/aromatic N) is 1. The van der Waals surface area contributed by atoms with E-state index in [1.165, 1.54) is 0 Å². The highest BCUT2D eigenvalue weighted by molar-refractivity contribution is 6.00. The summed E-state index contributed by atoms with van der Waals surface area (Å²) in [6.07, 6.45) is 1.39. The minimum Gasteiger partial charge on any atom is -0.346 e. The van der Waals surface area contributed by atoms with Crippen molar-refractivity contribution >= 4 is 23.4 Å². The van der Waals surface area contributed by atoms with Crippen molar-refractivity contribution in [2.75, 3.05) is 18.0 Å². The van der Waals surface area contributed by atoms with E-state index < -0.39 is 18.0 Å². The largest absolute Gasteiger partial charge is 0.346 e. The molecule has 0 saturated carbocycles. The Morgan fingerprint density at radius 2 is 1.92 bits per heavy atom. The Morgan fingerprint density at radius 3 is 2.54 bits per heavy atom. The first-order valence-corrected chi connectivity index (χ1v) is 9.00. The van der Waals surface area contributed by atoms with Crippen LogP contribution in [0.3, 0.4) is 0 Å². The topological polar surface area (TPSA) is 105 Å². The summed E-state index contributed by atoms with van der Waals surface area (Å²) in [5, 5.41) is 5.23. The summed E-state index contributed by atoms with van der Waals surface area (Å²) in [6.45, 7) is 6.11. The second-order valence-electron chi connectivity index (χ2n) is 7.08. The van der Waals surface area contributed by atoms with E-state index >= 15 is 0 Å². The first-order chi connectivity index (χ1) is 12.3. The molecule has 1 saturated heterocycles. The summed E-state index contributed by atoms with van der Waals surface area (Å²) in [4.78, 5) is 38.3. The van der Waals surface area contributed by atoms with Crippen LogP contribution in [-0.2, 0) is 14.4 Å². The molecule has 1 fully saturated rings. The molecule has 1 aliphatic heterocycles. The van der Waals surface area contributed by atoms with Crippen molar-refractivity contribution in [3.05, 3.63) is 29.8 Å². The maximum absolute atomic E-state index is 12.7. The molecule has 0 radical (unpaired) electrons. The SMILES string of the molecule is Cc1ccc(N2CCCC(NC(=O)CNC(=O)[C@@H](N)C(C)C)C2=O)cc1. The number of rotatable bonds is 6. The molecule has 7 nitrogen and oxygen atoms in total. The van der Waals surface area contributed by atoms with E-state index in [0.717, 1.165) is 17.7 Å². The average molecular weight is 360 g/mol. The highest BCUT2D eigenvalue weighted by atomic mass is 16.2. The summed E-state index contributed by atoms with van der Waals surface area (Å²) in [6, 6.07) is 6.50. The van der Waals surface area contributed by atoms with Gasteiger partial charge in [-0.25, -0.2) is 0 Å². The average Bonchev–Trinajstić information content (AvgIpc) is 2.61. The smallest absolute Gasteiger partial charge is 0.249 e. The molecule has 2 rings (SSSR count). The second kappa shape index (κ2) is 8.80. The molecular formula is C19H28N4O3. The van der Waals surface area contributed by atoms with Gasteiger partial charge in [0.25, 0.3) is 0 Å². The van der Waals surface area contributed by atoms with Gasteiger partial charge in [-0.3, -0.25) is 14.4 Å². The molecule has 0 aromatic heterocycles. The van der Waals surface area contributed by atoms with E-state index in [-0.39, 0.29) is 24.3 Å². The van der Waals surface area contributed by atoms with Gasteiger partial charge in [-0.2, -0.15) is 0 Å². The molecule has 1 heterocycles. The maximum atomic E-state index is 12.7. The zero-order valence-electron chi connectivity index (χ0n) is 15.6. The fourth-order valence-corrected chi connectivity index (χ4v) is 2.82. The molecular weight excluding hydrogens is 332 g/mol. The van der Waals surface area contributed by atoms with Gasteiger partial charge in [0.15, 0.2) is 0 Å². The Balaban J connectivity index is 1.90. The van der Waals surface area contributed by atoms with E-state index in [2.05, 4.69) is 10.6 Å². The number of hydrogen-bond acceptors (Lipinski definition) is 4. The molecule has 0 spiro atoms. The Hall–Kier alpha value is -2.41. The summed E-state index contributed by atoms with van der Waals surface area (Å²) in [5.41, 5.74) is 7.69. The van der Waals surface area contributed by atoms with Crippen LogP contribution in [0.25, 0.3) is 0 Å². The van der Waals surface area contributed by atoms with Crippen molar-refractivity contribution in [3.8, 4) is 0 Å². The molecule has 0 bridgehead atoms. The quantitative estimate of drug-likeness (QED) is 0.695. The van der Waals surface area contributed by atoms with Crippen LogP contribution in [0, 0.1) is 12.8 Å². The summed E-state index contributed by atoms with van der Waals surface area (Å²) in [7, 11) is 0. The third kappa shape index (κ3) is 5.05. The van der Waals surface area contributed by atoms with E-state index in [0.29, 0.717) is 13.0 Å². The molecule has 1 unspecified atom stereocenters. The van der Waals surface area contributed by atoms with Crippen LogP contribution in [-0.4, -0.2) is 42.9 Å². The molecule has 1 aliphatic rings. The summed E-state index contributed by atoms with van der Waals surface area (Å²) in [5.74, 6) is -0.899. The number of nitrogens with one attached hydrogen (secondary N) is 2. The molecule has 2 atom stereocenters. The Kier molecular flexibility index (Phi) is 6.74. The maximum Gasteiger partial charge on any atom is 0.249 e. The number of hydrogen-bond donors (Lipinski definition) is 3. The van der Waals surface area contributed by atoms with E-state index in [9.17, 15) is 14.4 Å². The van der Waals surface area contributed by atoms with Crippen molar-refractivity contribution in [2.45, 2.75) is 45.7 Å². The van der Waals surface area contributed by atoms with Crippen molar-refractivity contribution in [1.82, 2.24) is 10.6 Å². The first-order valence-electron chi connectivity index (χ1n) is 9.00. The van der Waals surface area contributed by atoms with Gasteiger partial charge >= 0.3 is 0 Å². The molecule has 26 heavy (non-hydrogen) atoms. The third-order valence-electron chi connectivity index (χ3n) is 4.56. The normalized spacial score (nSPS) is 18.6. The van der Waals surface area contributed by atoms with E-state index in [1.54, 1.807) is 4.90 Å². The van der Waals surface area contributed by atoms with Gasteiger partial charge in [0.05, 0.1) is 12.6 Å². The van der Waals surface area contributed by atoms with Crippen LogP contribution in [0.1, 0.15) is 32.3 Å². The molecule has 3 amide bonds. The number of benzene rings is 1. The van der Waals surface area contributed by atoms with Gasteiger partial charge in [0.2, 0.25) is 17.7 Å². The van der Waals surface area contributed by atoms with Crippen LogP contribution in [0.2, 0.25) is 0 Å². The van der Waals surface area contributed by atoms with Crippen LogP contribution >= 0.6 is 0 Å². The Labute approximate surface area is 154 Å². The minimum atomic E-state index is -0.656. The Bertz CT molecular complexity index is 657. The predicted molar refractivity (Wildman–Crippen MR) is 101 cm³/mol. The number of carbonyl (C=O) groups is 3. The number of carbonyl (C=O) groups excluding carboxylic acids is 3. The molecule has 1 aromatic rings. The van der Waals surface area contributed by atoms with Crippen LogP contribution in [0.15, 0.2) is 24.3 Å². The lowest BCUT2D eigenvalue weighted by Gasteiger charge is -2.32. The lowest BCUT2D eigenvalue weighted by molar-refractivity contribution is -0.130. The van der Waals surface area contributed by atoms with E-state index in [1.807, 2.05) is 45.0 Å². The fourth-order valence-electron chi connectivity index (χ4n) is 2.82. The highest BCUT2D eigenvalue weighted by Gasteiger charge is 2.30. The number of piperidine rings is 1. The van der Waals surface area contributed by atoms with Crippen LogP contribution in [0.5, 0.6) is 0 Å². The van der Waals surface area contributed by atoms with Gasteiger partial charge < -0.3 is 21.3 Å². The summed E-state index contributed by atoms with van der Waals surface area (Å²) < 4.78 is 0. The van der Waals surface area contributed by atoms with Gasteiger partial charge in [-0.1, -0.05) is 31.5 Å². The van der Waals surface area contributed by atoms with Gasteiger partial charge in [0, 0.05) is 12.2 Å². The van der Waals surface area contributed by atoms with Crippen LogP contribution < -0.4 is 21.3 Å². The molecule has 7 heteroatoms. The molecule has 142 valence electrons. The van der Waals surface area contributed by atoms with Crippen molar-refractivity contribution in [2.24, 2.45) is 11.7 Å². The highest BCUT2D eigenvalue weighted by Crippen LogP contribution is 2.21. The number of nitrogens with two attached hydrogens (primary N) is 1. The number of anilines is 1. The monoisotopic (exact) mass is 360 g/mol. The van der Waals surface area contributed by atoms with Crippen molar-refractivity contribution in [1.29, 1.82) is 0 Å². The molecule has 0 aliphatic carbocycles. The zero-order chi connectivity index (χ0) is 19.3. The summed E-state index contributed by atoms with van der Waals surface area (Å²) >= 11 is 0. The Morgan fingerprint density at radius 1 is 1.27 bits per heavy atom.